The van der Waals surface area contributed by atoms with Crippen molar-refractivity contribution >= 4 is 16.3 Å². The van der Waals surface area contributed by atoms with Crippen molar-refractivity contribution in [3.63, 3.8) is 0 Å². The third-order valence-corrected chi connectivity index (χ3v) is 7.37. The summed E-state index contributed by atoms with van der Waals surface area (Å²) < 4.78 is 27.8. The summed E-state index contributed by atoms with van der Waals surface area (Å²) in [6.45, 7) is 9.39. The Kier molecular flexibility index (Phi) is 8.29. The van der Waals surface area contributed by atoms with Gasteiger partial charge in [-0.05, 0) is 51.0 Å². The molecule has 0 radical (unpaired) electrons. The van der Waals surface area contributed by atoms with Gasteiger partial charge in [0.25, 0.3) is 0 Å². The first-order valence-corrected chi connectivity index (χ1v) is 13.9. The van der Waals surface area contributed by atoms with E-state index in [9.17, 15) is 13.5 Å². The van der Waals surface area contributed by atoms with Crippen molar-refractivity contribution in [3.8, 4) is 11.3 Å². The third-order valence-electron chi connectivity index (χ3n) is 6.77. The standard InChI is InChI=1S/C26H36N6O4S/c1-18-16-32(19(2)15-30-18)17-21-5-4-6-22(13-21)23-10-12-29-25(31-23)28-11-9-20-7-8-24(33)26(3,14-20)36-37(27,34)35/h4-8,10,12-13,18-19,30,33H,9,11,14-17H2,1-3H3,(H2,27,34,35)(H,28,29,31). The van der Waals surface area contributed by atoms with Gasteiger partial charge in [0.05, 0.1) is 5.69 Å². The van der Waals surface area contributed by atoms with E-state index >= 15 is 0 Å². The smallest absolute Gasteiger partial charge is 0.334 e. The van der Waals surface area contributed by atoms with Crippen LogP contribution in [-0.4, -0.2) is 65.7 Å². The van der Waals surface area contributed by atoms with Crippen LogP contribution in [0.1, 0.15) is 39.2 Å². The molecule has 1 aromatic heterocycles. The number of nitrogens with two attached hydrogens (primary N) is 1. The largest absolute Gasteiger partial charge is 0.509 e. The lowest BCUT2D eigenvalue weighted by molar-refractivity contribution is 0.0827. The highest BCUT2D eigenvalue weighted by molar-refractivity contribution is 7.84. The highest BCUT2D eigenvalue weighted by atomic mass is 32.2. The molecule has 2 aromatic rings. The molecule has 10 nitrogen and oxygen atoms in total. The number of piperazine rings is 1. The second-order valence-electron chi connectivity index (χ2n) is 10.1. The lowest BCUT2D eigenvalue weighted by Gasteiger charge is -2.37. The summed E-state index contributed by atoms with van der Waals surface area (Å²) in [5.41, 5.74) is 2.60. The molecular formula is C26H36N6O4S. The lowest BCUT2D eigenvalue weighted by Crippen LogP contribution is -2.53. The second kappa shape index (κ2) is 11.3. The molecule has 0 spiro atoms. The Morgan fingerprint density at radius 3 is 2.89 bits per heavy atom. The average Bonchev–Trinajstić information content (AvgIpc) is 2.83. The van der Waals surface area contributed by atoms with Crippen LogP contribution in [0.4, 0.5) is 5.95 Å². The van der Waals surface area contributed by atoms with E-state index in [1.165, 1.54) is 18.6 Å². The van der Waals surface area contributed by atoms with Crippen molar-refractivity contribution in [3.05, 3.63) is 65.6 Å². The lowest BCUT2D eigenvalue weighted by atomic mass is 9.88. The normalized spacial score (nSPS) is 24.9. The molecule has 0 amide bonds. The first-order valence-electron chi connectivity index (χ1n) is 12.5. The van der Waals surface area contributed by atoms with E-state index in [0.29, 0.717) is 31.0 Å². The van der Waals surface area contributed by atoms with Gasteiger partial charge in [0.15, 0.2) is 0 Å². The van der Waals surface area contributed by atoms with Crippen molar-refractivity contribution in [1.29, 1.82) is 0 Å². The van der Waals surface area contributed by atoms with Crippen molar-refractivity contribution < 1.29 is 17.7 Å². The molecular weight excluding hydrogens is 492 g/mol. The molecule has 1 aromatic carbocycles. The number of hydrogen-bond acceptors (Lipinski definition) is 9. The van der Waals surface area contributed by atoms with E-state index in [4.69, 9.17) is 14.3 Å². The van der Waals surface area contributed by atoms with Crippen LogP contribution in [0.15, 0.2) is 60.0 Å². The summed E-state index contributed by atoms with van der Waals surface area (Å²) in [5, 5.41) is 21.9. The number of anilines is 1. The zero-order chi connectivity index (χ0) is 26.6. The van der Waals surface area contributed by atoms with Crippen LogP contribution in [0.5, 0.6) is 0 Å². The molecule has 4 rings (SSSR count). The fraction of sp³-hybridized carbons (Fsp3) is 0.462. The maximum atomic E-state index is 11.4. The topological polar surface area (TPSA) is 143 Å². The van der Waals surface area contributed by atoms with Crippen molar-refractivity contribution in [2.45, 2.75) is 57.8 Å². The Morgan fingerprint density at radius 1 is 1.30 bits per heavy atom. The summed E-state index contributed by atoms with van der Waals surface area (Å²) in [5.74, 6) is 0.322. The molecule has 1 fully saturated rings. The summed E-state index contributed by atoms with van der Waals surface area (Å²) in [6.07, 6.45) is 5.71. The van der Waals surface area contributed by atoms with Gasteiger partial charge in [-0.15, -0.1) is 0 Å². The minimum absolute atomic E-state index is 0.183. The minimum Gasteiger partial charge on any atom is -0.509 e. The molecule has 1 aliphatic carbocycles. The predicted octanol–water partition coefficient (Wildman–Crippen LogP) is 2.88. The van der Waals surface area contributed by atoms with Gasteiger partial charge in [-0.1, -0.05) is 29.8 Å². The van der Waals surface area contributed by atoms with Gasteiger partial charge in [0, 0.05) is 56.4 Å². The Bertz CT molecular complexity index is 1280. The highest BCUT2D eigenvalue weighted by Crippen LogP contribution is 2.33. The summed E-state index contributed by atoms with van der Waals surface area (Å²) >= 11 is 0. The van der Waals surface area contributed by atoms with Crippen molar-refractivity contribution in [2.75, 3.05) is 25.0 Å². The molecule has 1 aliphatic heterocycles. The van der Waals surface area contributed by atoms with E-state index in [1.54, 1.807) is 12.3 Å². The fourth-order valence-corrected chi connectivity index (χ4v) is 5.43. The summed E-state index contributed by atoms with van der Waals surface area (Å²) in [7, 11) is -4.22. The van der Waals surface area contributed by atoms with Gasteiger partial charge in [-0.2, -0.15) is 8.42 Å². The number of nitrogens with one attached hydrogen (secondary N) is 2. The minimum atomic E-state index is -4.22. The van der Waals surface area contributed by atoms with Crippen LogP contribution in [-0.2, 0) is 21.0 Å². The predicted molar refractivity (Wildman–Crippen MR) is 144 cm³/mol. The van der Waals surface area contributed by atoms with E-state index in [1.807, 2.05) is 6.07 Å². The van der Waals surface area contributed by atoms with E-state index < -0.39 is 15.9 Å². The fourth-order valence-electron chi connectivity index (χ4n) is 4.78. The molecule has 11 heteroatoms. The van der Waals surface area contributed by atoms with E-state index in [2.05, 4.69) is 58.6 Å². The third kappa shape index (κ3) is 7.36. The number of allylic oxidation sites excluding steroid dienone is 2. The summed E-state index contributed by atoms with van der Waals surface area (Å²) in [4.78, 5) is 11.5. The number of benzene rings is 1. The quantitative estimate of drug-likeness (QED) is 0.386. The average molecular weight is 529 g/mol. The Labute approximate surface area is 218 Å². The second-order valence-corrected chi connectivity index (χ2v) is 11.2. The maximum Gasteiger partial charge on any atom is 0.334 e. The highest BCUT2D eigenvalue weighted by Gasteiger charge is 2.37. The van der Waals surface area contributed by atoms with Crippen molar-refractivity contribution in [1.82, 2.24) is 20.2 Å². The van der Waals surface area contributed by atoms with Crippen LogP contribution in [0.3, 0.4) is 0 Å². The van der Waals surface area contributed by atoms with Crippen LogP contribution >= 0.6 is 0 Å². The SMILES string of the molecule is CC1CN(Cc2cccc(-c3ccnc(NCCC4=CC=C(O)C(C)(OS(N)(=O)=O)C4)n3)c2)C(C)CN1. The number of aliphatic hydroxyl groups is 1. The van der Waals surface area contributed by atoms with Gasteiger partial charge in [-0.25, -0.2) is 19.3 Å². The number of hydrogen-bond donors (Lipinski definition) is 4. The van der Waals surface area contributed by atoms with Crippen LogP contribution in [0.2, 0.25) is 0 Å². The molecule has 0 bridgehead atoms. The molecule has 3 unspecified atom stereocenters. The molecule has 2 heterocycles. The van der Waals surface area contributed by atoms with E-state index in [0.717, 1.165) is 36.5 Å². The molecule has 0 saturated carbocycles. The van der Waals surface area contributed by atoms with Gasteiger partial charge >= 0.3 is 10.3 Å². The Balaban J connectivity index is 1.37. The number of aromatic nitrogens is 2. The number of aliphatic hydroxyl groups excluding tert-OH is 1. The Hall–Kier alpha value is -2.83. The summed E-state index contributed by atoms with van der Waals surface area (Å²) in [6, 6.07) is 11.3. The van der Waals surface area contributed by atoms with Crippen molar-refractivity contribution in [2.24, 2.45) is 5.14 Å². The molecule has 5 N–H and O–H groups in total. The first kappa shape index (κ1) is 27.2. The monoisotopic (exact) mass is 528 g/mol. The van der Waals surface area contributed by atoms with Gasteiger partial charge in [0.2, 0.25) is 5.95 Å². The zero-order valence-electron chi connectivity index (χ0n) is 21.5. The molecule has 1 saturated heterocycles. The van der Waals surface area contributed by atoms with Crippen LogP contribution < -0.4 is 15.8 Å². The van der Waals surface area contributed by atoms with Crippen LogP contribution in [0.25, 0.3) is 11.3 Å². The molecule has 3 atom stereocenters. The van der Waals surface area contributed by atoms with Gasteiger partial charge in [-0.3, -0.25) is 4.90 Å². The first-order chi connectivity index (χ1) is 17.5. The molecule has 2 aliphatic rings. The molecule has 37 heavy (non-hydrogen) atoms. The number of rotatable bonds is 9. The number of nitrogens with zero attached hydrogens (tertiary/aromatic N) is 3. The maximum absolute atomic E-state index is 11.4. The molecule has 200 valence electrons. The van der Waals surface area contributed by atoms with E-state index in [-0.39, 0.29) is 12.2 Å². The Morgan fingerprint density at radius 2 is 2.11 bits per heavy atom. The van der Waals surface area contributed by atoms with Gasteiger partial charge in [0.1, 0.15) is 11.4 Å². The van der Waals surface area contributed by atoms with Crippen LogP contribution in [0, 0.1) is 0 Å². The van der Waals surface area contributed by atoms with Gasteiger partial charge < -0.3 is 15.7 Å². The zero-order valence-corrected chi connectivity index (χ0v) is 22.3.